The van der Waals surface area contributed by atoms with E-state index < -0.39 is 0 Å². The molecule has 1 aromatic heterocycles. The van der Waals surface area contributed by atoms with Gasteiger partial charge in [0.15, 0.2) is 0 Å². The number of tetrazole rings is 1. The van der Waals surface area contributed by atoms with E-state index in [0.29, 0.717) is 5.92 Å². The first-order chi connectivity index (χ1) is 8.24. The summed E-state index contributed by atoms with van der Waals surface area (Å²) in [7, 11) is 0. The lowest BCUT2D eigenvalue weighted by Gasteiger charge is -2.07. The molecule has 7 heteroatoms. The molecule has 0 aliphatic carbocycles. The minimum Gasteiger partial charge on any atom is -0.315 e. The van der Waals surface area contributed by atoms with E-state index in [-0.39, 0.29) is 0 Å². The fourth-order valence-electron chi connectivity index (χ4n) is 1.23. The van der Waals surface area contributed by atoms with Crippen LogP contribution in [-0.2, 0) is 6.54 Å². The zero-order valence-corrected chi connectivity index (χ0v) is 12.4. The second-order valence-corrected chi connectivity index (χ2v) is 6.17. The Bertz CT molecular complexity index is 303. The number of rotatable bonds is 9. The Kier molecular flexibility index (Phi) is 7.63. The Morgan fingerprint density at radius 2 is 2.18 bits per heavy atom. The molecule has 0 aliphatic rings. The number of aromatic nitrogens is 4. The maximum Gasteiger partial charge on any atom is 0.209 e. The zero-order valence-electron chi connectivity index (χ0n) is 10.7. The summed E-state index contributed by atoms with van der Waals surface area (Å²) < 4.78 is 1.87. The Labute approximate surface area is 111 Å². The number of hydrogen-bond acceptors (Lipinski definition) is 6. The van der Waals surface area contributed by atoms with E-state index in [4.69, 9.17) is 0 Å². The van der Waals surface area contributed by atoms with Crippen LogP contribution in [0.2, 0.25) is 0 Å². The van der Waals surface area contributed by atoms with Gasteiger partial charge >= 0.3 is 0 Å². The van der Waals surface area contributed by atoms with Crippen molar-refractivity contribution >= 4 is 23.5 Å². The molecule has 0 saturated heterocycles. The van der Waals surface area contributed by atoms with Gasteiger partial charge in [-0.1, -0.05) is 25.6 Å². The number of thioether (sulfide) groups is 2. The Morgan fingerprint density at radius 3 is 2.88 bits per heavy atom. The molecule has 0 radical (unpaired) electrons. The molecule has 0 saturated carbocycles. The van der Waals surface area contributed by atoms with Gasteiger partial charge in [0, 0.05) is 18.1 Å². The largest absolute Gasteiger partial charge is 0.315 e. The molecule has 0 unspecified atom stereocenters. The number of nitrogens with one attached hydrogen (secondary N) is 1. The summed E-state index contributed by atoms with van der Waals surface area (Å²) >= 11 is 3.56. The highest BCUT2D eigenvalue weighted by Crippen LogP contribution is 2.14. The fourth-order valence-corrected chi connectivity index (χ4v) is 2.79. The first-order valence-electron chi connectivity index (χ1n) is 5.82. The van der Waals surface area contributed by atoms with E-state index >= 15 is 0 Å². The molecule has 0 aliphatic heterocycles. The van der Waals surface area contributed by atoms with Crippen molar-refractivity contribution in [1.82, 2.24) is 25.5 Å². The Morgan fingerprint density at radius 1 is 1.35 bits per heavy atom. The Balaban J connectivity index is 2.25. The smallest absolute Gasteiger partial charge is 0.209 e. The minimum absolute atomic E-state index is 0.680. The quantitative estimate of drug-likeness (QED) is 0.543. The first kappa shape index (κ1) is 14.8. The summed E-state index contributed by atoms with van der Waals surface area (Å²) in [5.41, 5.74) is 0. The topological polar surface area (TPSA) is 55.6 Å². The van der Waals surface area contributed by atoms with Crippen molar-refractivity contribution in [1.29, 1.82) is 0 Å². The lowest BCUT2D eigenvalue weighted by atomic mass is 10.2. The van der Waals surface area contributed by atoms with Gasteiger partial charge in [0.2, 0.25) is 5.16 Å². The molecule has 0 fully saturated rings. The number of hydrogen-bond donors (Lipinski definition) is 1. The molecular formula is C10H21N5S2. The van der Waals surface area contributed by atoms with Gasteiger partial charge in [0.25, 0.3) is 0 Å². The summed E-state index contributed by atoms with van der Waals surface area (Å²) in [5.74, 6) is 2.86. The molecule has 0 atom stereocenters. The summed E-state index contributed by atoms with van der Waals surface area (Å²) in [4.78, 5) is 0. The van der Waals surface area contributed by atoms with Gasteiger partial charge < -0.3 is 5.32 Å². The van der Waals surface area contributed by atoms with Gasteiger partial charge in [-0.15, -0.1) is 5.10 Å². The number of nitrogens with zero attached hydrogens (tertiary/aromatic N) is 4. The highest BCUT2D eigenvalue weighted by atomic mass is 32.2. The standard InChI is InChI=1S/C10H21N5S2/c1-9(2)8-11-4-5-15-10(12-13-14-15)17-7-6-16-3/h9,11H,4-8H2,1-3H3. The van der Waals surface area contributed by atoms with Gasteiger partial charge in [0.05, 0.1) is 6.54 Å². The molecule has 0 amide bonds. The second-order valence-electron chi connectivity index (χ2n) is 4.12. The predicted molar refractivity (Wildman–Crippen MR) is 74.6 cm³/mol. The average molecular weight is 275 g/mol. The molecule has 0 spiro atoms. The predicted octanol–water partition coefficient (Wildman–Crippen LogP) is 1.37. The molecule has 1 heterocycles. The first-order valence-corrected chi connectivity index (χ1v) is 8.20. The molecule has 1 aromatic rings. The third kappa shape index (κ3) is 6.28. The average Bonchev–Trinajstić information content (AvgIpc) is 2.72. The molecule has 1 N–H and O–H groups in total. The fraction of sp³-hybridized carbons (Fsp3) is 0.900. The maximum atomic E-state index is 4.03. The van der Waals surface area contributed by atoms with E-state index in [2.05, 4.69) is 40.9 Å². The van der Waals surface area contributed by atoms with Crippen LogP contribution in [0.5, 0.6) is 0 Å². The van der Waals surface area contributed by atoms with Crippen LogP contribution < -0.4 is 5.32 Å². The third-order valence-electron chi connectivity index (χ3n) is 2.07. The zero-order chi connectivity index (χ0) is 12.5. The lowest BCUT2D eigenvalue weighted by Crippen LogP contribution is -2.24. The summed E-state index contributed by atoms with van der Waals surface area (Å²) in [6.07, 6.45) is 2.11. The highest BCUT2D eigenvalue weighted by Gasteiger charge is 2.05. The van der Waals surface area contributed by atoms with Crippen LogP contribution in [0.25, 0.3) is 0 Å². The van der Waals surface area contributed by atoms with E-state index in [1.165, 1.54) is 0 Å². The molecule has 5 nitrogen and oxygen atoms in total. The van der Waals surface area contributed by atoms with Crippen LogP contribution in [0.1, 0.15) is 13.8 Å². The monoisotopic (exact) mass is 275 g/mol. The lowest BCUT2D eigenvalue weighted by molar-refractivity contribution is 0.482. The van der Waals surface area contributed by atoms with Gasteiger partial charge in [-0.2, -0.15) is 11.8 Å². The van der Waals surface area contributed by atoms with Crippen LogP contribution in [0.4, 0.5) is 0 Å². The van der Waals surface area contributed by atoms with Crippen LogP contribution in [0.3, 0.4) is 0 Å². The van der Waals surface area contributed by atoms with Crippen LogP contribution in [0.15, 0.2) is 5.16 Å². The molecule has 17 heavy (non-hydrogen) atoms. The SMILES string of the molecule is CSCCSc1nnnn1CCNCC(C)C. The van der Waals surface area contributed by atoms with E-state index in [9.17, 15) is 0 Å². The summed E-state index contributed by atoms with van der Waals surface area (Å²) in [6, 6.07) is 0. The van der Waals surface area contributed by atoms with Crippen LogP contribution >= 0.6 is 23.5 Å². The summed E-state index contributed by atoms with van der Waals surface area (Å²) in [6.45, 7) is 7.19. The van der Waals surface area contributed by atoms with Gasteiger partial charge in [0.1, 0.15) is 0 Å². The van der Waals surface area contributed by atoms with Gasteiger partial charge in [-0.05, 0) is 29.1 Å². The minimum atomic E-state index is 0.680. The van der Waals surface area contributed by atoms with E-state index in [1.807, 2.05) is 16.4 Å². The van der Waals surface area contributed by atoms with E-state index in [0.717, 1.165) is 36.3 Å². The van der Waals surface area contributed by atoms with Crippen LogP contribution in [-0.4, -0.2) is 51.1 Å². The van der Waals surface area contributed by atoms with Crippen molar-refractivity contribution in [2.75, 3.05) is 30.9 Å². The van der Waals surface area contributed by atoms with Crippen molar-refractivity contribution in [2.24, 2.45) is 5.92 Å². The van der Waals surface area contributed by atoms with E-state index in [1.54, 1.807) is 11.8 Å². The maximum absolute atomic E-state index is 4.03. The summed E-state index contributed by atoms with van der Waals surface area (Å²) in [5, 5.41) is 16.1. The second kappa shape index (κ2) is 8.77. The van der Waals surface area contributed by atoms with Crippen molar-refractivity contribution in [2.45, 2.75) is 25.5 Å². The van der Waals surface area contributed by atoms with Crippen molar-refractivity contribution in [3.63, 3.8) is 0 Å². The van der Waals surface area contributed by atoms with Gasteiger partial charge in [-0.25, -0.2) is 4.68 Å². The van der Waals surface area contributed by atoms with Crippen LogP contribution in [0, 0.1) is 5.92 Å². The molecule has 0 bridgehead atoms. The highest BCUT2D eigenvalue weighted by molar-refractivity contribution is 8.02. The molecule has 98 valence electrons. The molecule has 1 rings (SSSR count). The van der Waals surface area contributed by atoms with Crippen molar-refractivity contribution in [3.8, 4) is 0 Å². The van der Waals surface area contributed by atoms with Crippen molar-refractivity contribution < 1.29 is 0 Å². The molecular weight excluding hydrogens is 254 g/mol. The molecule has 0 aromatic carbocycles. The van der Waals surface area contributed by atoms with Crippen molar-refractivity contribution in [3.05, 3.63) is 0 Å². The Hall–Kier alpha value is -0.270. The normalized spacial score (nSPS) is 11.3. The van der Waals surface area contributed by atoms with Gasteiger partial charge in [-0.3, -0.25) is 0 Å². The third-order valence-corrected chi connectivity index (χ3v) is 3.90.